The van der Waals surface area contributed by atoms with Gasteiger partial charge in [-0.15, -0.1) is 0 Å². The Kier molecular flexibility index (Phi) is 4.08. The molecule has 2 aromatic rings. The van der Waals surface area contributed by atoms with Crippen molar-refractivity contribution in [1.29, 1.82) is 0 Å². The molecule has 126 valence electrons. The van der Waals surface area contributed by atoms with E-state index in [0.717, 1.165) is 45.2 Å². The van der Waals surface area contributed by atoms with Gasteiger partial charge in [0.15, 0.2) is 12.0 Å². The van der Waals surface area contributed by atoms with Crippen molar-refractivity contribution >= 4 is 22.8 Å². The SMILES string of the molecule is O=C(CC[C@@H]1CCCN(C(=O)c2ccc3ocnc3c2)C1)C1CC1. The zero-order valence-corrected chi connectivity index (χ0v) is 13.7. The molecular weight excluding hydrogens is 304 g/mol. The van der Waals surface area contributed by atoms with E-state index in [4.69, 9.17) is 4.42 Å². The van der Waals surface area contributed by atoms with Crippen molar-refractivity contribution in [3.8, 4) is 0 Å². The van der Waals surface area contributed by atoms with Gasteiger partial charge in [0.25, 0.3) is 5.91 Å². The van der Waals surface area contributed by atoms with Crippen LogP contribution in [-0.4, -0.2) is 34.7 Å². The van der Waals surface area contributed by atoms with Gasteiger partial charge in [-0.1, -0.05) is 0 Å². The highest BCUT2D eigenvalue weighted by atomic mass is 16.3. The van der Waals surface area contributed by atoms with Crippen LogP contribution in [0.25, 0.3) is 11.1 Å². The second kappa shape index (κ2) is 6.38. The smallest absolute Gasteiger partial charge is 0.253 e. The number of aromatic nitrogens is 1. The zero-order chi connectivity index (χ0) is 16.5. The number of carbonyl (C=O) groups is 2. The number of hydrogen-bond donors (Lipinski definition) is 0. The van der Waals surface area contributed by atoms with Crippen LogP contribution in [0.1, 0.15) is 48.9 Å². The summed E-state index contributed by atoms with van der Waals surface area (Å²) in [4.78, 5) is 30.7. The number of rotatable bonds is 5. The highest BCUT2D eigenvalue weighted by Crippen LogP contribution is 2.32. The van der Waals surface area contributed by atoms with Crippen LogP contribution in [0.15, 0.2) is 29.0 Å². The van der Waals surface area contributed by atoms with Crippen molar-refractivity contribution in [2.24, 2.45) is 11.8 Å². The maximum absolute atomic E-state index is 12.8. The summed E-state index contributed by atoms with van der Waals surface area (Å²) in [6.45, 7) is 1.55. The van der Waals surface area contributed by atoms with Gasteiger partial charge in [0.05, 0.1) is 0 Å². The fourth-order valence-corrected chi connectivity index (χ4v) is 3.61. The van der Waals surface area contributed by atoms with Crippen molar-refractivity contribution in [2.75, 3.05) is 13.1 Å². The van der Waals surface area contributed by atoms with E-state index in [0.29, 0.717) is 40.7 Å². The molecule has 0 N–H and O–H groups in total. The number of oxazole rings is 1. The summed E-state index contributed by atoms with van der Waals surface area (Å²) >= 11 is 0. The highest BCUT2D eigenvalue weighted by Gasteiger charge is 2.30. The number of ketones is 1. The summed E-state index contributed by atoms with van der Waals surface area (Å²) in [6.07, 6.45) is 7.29. The van der Waals surface area contributed by atoms with E-state index in [9.17, 15) is 9.59 Å². The fourth-order valence-electron chi connectivity index (χ4n) is 3.61. The number of benzene rings is 1. The largest absolute Gasteiger partial charge is 0.443 e. The highest BCUT2D eigenvalue weighted by molar-refractivity contribution is 5.97. The minimum absolute atomic E-state index is 0.0538. The Morgan fingerprint density at radius 2 is 2.12 bits per heavy atom. The van der Waals surface area contributed by atoms with E-state index in [1.165, 1.54) is 6.39 Å². The Balaban J connectivity index is 1.39. The molecule has 2 aliphatic rings. The summed E-state index contributed by atoms with van der Waals surface area (Å²) in [5.41, 5.74) is 2.07. The number of amides is 1. The number of hydrogen-bond acceptors (Lipinski definition) is 4. The van der Waals surface area contributed by atoms with E-state index in [1.54, 1.807) is 18.2 Å². The Morgan fingerprint density at radius 1 is 1.25 bits per heavy atom. The third-order valence-corrected chi connectivity index (χ3v) is 5.22. The number of likely N-dealkylation sites (tertiary alicyclic amines) is 1. The summed E-state index contributed by atoms with van der Waals surface area (Å²) in [6, 6.07) is 5.39. The molecule has 1 aliphatic heterocycles. The molecule has 1 aromatic carbocycles. The third-order valence-electron chi connectivity index (χ3n) is 5.22. The molecule has 1 aliphatic carbocycles. The Labute approximate surface area is 141 Å². The molecule has 1 aromatic heterocycles. The van der Waals surface area contributed by atoms with Crippen molar-refractivity contribution < 1.29 is 14.0 Å². The first-order valence-electron chi connectivity index (χ1n) is 8.86. The normalized spacial score (nSPS) is 21.2. The van der Waals surface area contributed by atoms with E-state index in [1.807, 2.05) is 4.90 Å². The first kappa shape index (κ1) is 15.4. The van der Waals surface area contributed by atoms with Crippen LogP contribution in [0.3, 0.4) is 0 Å². The molecule has 4 rings (SSSR count). The van der Waals surface area contributed by atoms with E-state index < -0.39 is 0 Å². The lowest BCUT2D eigenvalue weighted by Gasteiger charge is -2.33. The van der Waals surface area contributed by atoms with Gasteiger partial charge in [0.2, 0.25) is 0 Å². The van der Waals surface area contributed by atoms with Crippen LogP contribution < -0.4 is 0 Å². The summed E-state index contributed by atoms with van der Waals surface area (Å²) in [7, 11) is 0. The molecule has 0 radical (unpaired) electrons. The average molecular weight is 326 g/mol. The molecular formula is C19H22N2O3. The van der Waals surface area contributed by atoms with E-state index in [-0.39, 0.29) is 5.91 Å². The number of piperidine rings is 1. The minimum Gasteiger partial charge on any atom is -0.443 e. The van der Waals surface area contributed by atoms with Gasteiger partial charge >= 0.3 is 0 Å². The second-order valence-electron chi connectivity index (χ2n) is 7.07. The van der Waals surface area contributed by atoms with Crippen LogP contribution in [0, 0.1) is 11.8 Å². The van der Waals surface area contributed by atoms with Crippen molar-refractivity contribution in [3.63, 3.8) is 0 Å². The number of Topliss-reactive ketones (excluding diaryl/α,β-unsaturated/α-hetero) is 1. The van der Waals surface area contributed by atoms with E-state index >= 15 is 0 Å². The standard InChI is InChI=1S/C19H22N2O3/c22-17(14-4-5-14)7-3-13-2-1-9-21(11-13)19(23)15-6-8-18-16(10-15)20-12-24-18/h6,8,10,12-14H,1-5,7,9,11H2/t13-/m0/s1. The lowest BCUT2D eigenvalue weighted by Crippen LogP contribution is -2.40. The Bertz CT molecular complexity index is 763. The Hall–Kier alpha value is -2.17. The summed E-state index contributed by atoms with van der Waals surface area (Å²) < 4.78 is 5.23. The maximum atomic E-state index is 12.8. The Morgan fingerprint density at radius 3 is 2.96 bits per heavy atom. The van der Waals surface area contributed by atoms with Crippen LogP contribution in [0.5, 0.6) is 0 Å². The second-order valence-corrected chi connectivity index (χ2v) is 7.07. The molecule has 0 unspecified atom stereocenters. The molecule has 1 saturated carbocycles. The van der Waals surface area contributed by atoms with Crippen molar-refractivity contribution in [1.82, 2.24) is 9.88 Å². The van der Waals surface area contributed by atoms with Gasteiger partial charge < -0.3 is 9.32 Å². The predicted molar refractivity (Wildman–Crippen MR) is 89.6 cm³/mol. The van der Waals surface area contributed by atoms with Crippen LogP contribution >= 0.6 is 0 Å². The molecule has 0 spiro atoms. The summed E-state index contributed by atoms with van der Waals surface area (Å²) in [5, 5.41) is 0. The van der Waals surface area contributed by atoms with Crippen molar-refractivity contribution in [3.05, 3.63) is 30.2 Å². The van der Waals surface area contributed by atoms with Crippen LogP contribution in [-0.2, 0) is 4.79 Å². The number of fused-ring (bicyclic) bond motifs is 1. The molecule has 1 amide bonds. The fraction of sp³-hybridized carbons (Fsp3) is 0.526. The van der Waals surface area contributed by atoms with Crippen molar-refractivity contribution in [2.45, 2.75) is 38.5 Å². The number of carbonyl (C=O) groups excluding carboxylic acids is 2. The molecule has 2 heterocycles. The van der Waals surface area contributed by atoms with Crippen LogP contribution in [0.4, 0.5) is 0 Å². The molecule has 5 nitrogen and oxygen atoms in total. The average Bonchev–Trinajstić information content (AvgIpc) is 3.36. The zero-order valence-electron chi connectivity index (χ0n) is 13.7. The molecule has 24 heavy (non-hydrogen) atoms. The molecule has 5 heteroatoms. The van der Waals surface area contributed by atoms with Gasteiger partial charge in [-0.05, 0) is 56.2 Å². The maximum Gasteiger partial charge on any atom is 0.253 e. The topological polar surface area (TPSA) is 63.4 Å². The van der Waals surface area contributed by atoms with E-state index in [2.05, 4.69) is 4.98 Å². The molecule has 2 fully saturated rings. The summed E-state index contributed by atoms with van der Waals surface area (Å²) in [5.74, 6) is 1.27. The molecule has 0 bridgehead atoms. The third kappa shape index (κ3) is 3.21. The van der Waals surface area contributed by atoms with Gasteiger partial charge in [-0.3, -0.25) is 9.59 Å². The first-order chi connectivity index (χ1) is 11.7. The monoisotopic (exact) mass is 326 g/mol. The quantitative estimate of drug-likeness (QED) is 0.844. The van der Waals surface area contributed by atoms with Gasteiger partial charge in [0, 0.05) is 31.0 Å². The van der Waals surface area contributed by atoms with Crippen LogP contribution in [0.2, 0.25) is 0 Å². The molecule has 1 atom stereocenters. The van der Waals surface area contributed by atoms with Gasteiger partial charge in [-0.25, -0.2) is 4.98 Å². The van der Waals surface area contributed by atoms with Gasteiger partial charge in [-0.2, -0.15) is 0 Å². The minimum atomic E-state index is 0.0538. The number of nitrogens with zero attached hydrogens (tertiary/aromatic N) is 2. The molecule has 1 saturated heterocycles. The predicted octanol–water partition coefficient (Wildman–Crippen LogP) is 3.44. The first-order valence-corrected chi connectivity index (χ1v) is 8.86. The lowest BCUT2D eigenvalue weighted by atomic mass is 9.91. The van der Waals surface area contributed by atoms with Gasteiger partial charge in [0.1, 0.15) is 11.3 Å². The lowest BCUT2D eigenvalue weighted by molar-refractivity contribution is -0.120.